The molecule has 0 aromatic carbocycles. The molecule has 4 rings (SSSR count). The molecule has 0 saturated carbocycles. The lowest BCUT2D eigenvalue weighted by atomic mass is 10.1. The lowest BCUT2D eigenvalue weighted by Gasteiger charge is -1.91. The van der Waals surface area contributed by atoms with E-state index in [0.717, 1.165) is 6.42 Å². The fourth-order valence-corrected chi connectivity index (χ4v) is 1.91. The molecule has 4 unspecified atom stereocenters. The third kappa shape index (κ3) is 1.69. The topological polar surface area (TPSA) is 25.1 Å². The average molecular weight is 178 g/mol. The Morgan fingerprint density at radius 1 is 0.923 bits per heavy atom. The number of rotatable bonds is 0. The molecule has 0 spiro atoms. The summed E-state index contributed by atoms with van der Waals surface area (Å²) in [6.07, 6.45) is 14.6. The van der Waals surface area contributed by atoms with Gasteiger partial charge in [0.25, 0.3) is 0 Å². The van der Waals surface area contributed by atoms with Crippen LogP contribution in [0.3, 0.4) is 0 Å². The number of fused-ring (bicyclic) bond motifs is 2. The molecule has 2 heterocycles. The summed E-state index contributed by atoms with van der Waals surface area (Å²) < 4.78 is 10.3. The first kappa shape index (κ1) is 7.77. The molecule has 2 nitrogen and oxygen atoms in total. The fraction of sp³-hybridized carbons (Fsp3) is 0.636. The zero-order valence-electron chi connectivity index (χ0n) is 7.56. The molecule has 0 bridgehead atoms. The molecule has 2 heteroatoms. The van der Waals surface area contributed by atoms with E-state index in [4.69, 9.17) is 9.47 Å². The maximum Gasteiger partial charge on any atom is 0.103 e. The highest BCUT2D eigenvalue weighted by Crippen LogP contribution is 2.32. The largest absolute Gasteiger partial charge is 0.365 e. The molecule has 0 aromatic heterocycles. The summed E-state index contributed by atoms with van der Waals surface area (Å²) in [6, 6.07) is 0. The second-order valence-electron chi connectivity index (χ2n) is 3.95. The minimum atomic E-state index is 0.522. The van der Waals surface area contributed by atoms with Gasteiger partial charge in [0.2, 0.25) is 0 Å². The third-order valence-corrected chi connectivity index (χ3v) is 2.88. The van der Waals surface area contributed by atoms with Crippen LogP contribution in [0.5, 0.6) is 0 Å². The van der Waals surface area contributed by atoms with Crippen molar-refractivity contribution in [3.8, 4) is 0 Å². The minimum Gasteiger partial charge on any atom is -0.365 e. The molecule has 0 aromatic rings. The van der Waals surface area contributed by atoms with Crippen LogP contribution in [0, 0.1) is 0 Å². The Hall–Kier alpha value is -0.600. The van der Waals surface area contributed by atoms with Crippen LogP contribution in [-0.4, -0.2) is 24.4 Å². The molecular formula is C11H14O2. The van der Waals surface area contributed by atoms with Crippen molar-refractivity contribution in [1.82, 2.24) is 0 Å². The van der Waals surface area contributed by atoms with Crippen LogP contribution in [-0.2, 0) is 9.47 Å². The van der Waals surface area contributed by atoms with Crippen LogP contribution in [0.1, 0.15) is 19.3 Å². The van der Waals surface area contributed by atoms with E-state index in [-0.39, 0.29) is 0 Å². The van der Waals surface area contributed by atoms with Gasteiger partial charge in [-0.25, -0.2) is 0 Å². The lowest BCUT2D eigenvalue weighted by Crippen LogP contribution is -1.93. The molecule has 0 radical (unpaired) electrons. The molecule has 13 heavy (non-hydrogen) atoms. The molecule has 4 aliphatic rings. The normalized spacial score (nSPS) is 47.4. The van der Waals surface area contributed by atoms with Crippen molar-refractivity contribution in [1.29, 1.82) is 0 Å². The van der Waals surface area contributed by atoms with Crippen LogP contribution in [0.15, 0.2) is 24.3 Å². The Labute approximate surface area is 78.2 Å². The molecule has 70 valence electrons. The van der Waals surface area contributed by atoms with Gasteiger partial charge in [0, 0.05) is 0 Å². The van der Waals surface area contributed by atoms with Crippen LogP contribution in [0.4, 0.5) is 0 Å². The summed E-state index contributed by atoms with van der Waals surface area (Å²) in [5, 5.41) is 0. The SMILES string of the molecule is C1=CC2OC2C1.C1=CC2OC2CC1. The molecule has 0 N–H and O–H groups in total. The number of allylic oxidation sites excluding steroid dienone is 1. The molecule has 0 amide bonds. The molecule has 2 saturated heterocycles. The summed E-state index contributed by atoms with van der Waals surface area (Å²) in [6.45, 7) is 0. The molecule has 2 fully saturated rings. The summed E-state index contributed by atoms with van der Waals surface area (Å²) >= 11 is 0. The van der Waals surface area contributed by atoms with Gasteiger partial charge in [0.1, 0.15) is 12.2 Å². The molecular weight excluding hydrogens is 164 g/mol. The number of hydrogen-bond acceptors (Lipinski definition) is 2. The van der Waals surface area contributed by atoms with Gasteiger partial charge >= 0.3 is 0 Å². The lowest BCUT2D eigenvalue weighted by molar-refractivity contribution is 0.382. The smallest absolute Gasteiger partial charge is 0.103 e. The van der Waals surface area contributed by atoms with Gasteiger partial charge < -0.3 is 9.47 Å². The van der Waals surface area contributed by atoms with Gasteiger partial charge in [-0.2, -0.15) is 0 Å². The minimum absolute atomic E-state index is 0.522. The van der Waals surface area contributed by atoms with Gasteiger partial charge in [-0.05, 0) is 19.3 Å². The Morgan fingerprint density at radius 2 is 1.69 bits per heavy atom. The van der Waals surface area contributed by atoms with Crippen molar-refractivity contribution >= 4 is 0 Å². The summed E-state index contributed by atoms with van der Waals surface area (Å²) in [4.78, 5) is 0. The first-order valence-electron chi connectivity index (χ1n) is 5.08. The second kappa shape index (κ2) is 2.96. The maximum atomic E-state index is 5.19. The highest BCUT2D eigenvalue weighted by Gasteiger charge is 2.38. The zero-order valence-corrected chi connectivity index (χ0v) is 7.56. The number of ether oxygens (including phenoxy) is 2. The van der Waals surface area contributed by atoms with E-state index in [1.165, 1.54) is 12.8 Å². The van der Waals surface area contributed by atoms with Crippen molar-refractivity contribution in [3.05, 3.63) is 24.3 Å². The van der Waals surface area contributed by atoms with Crippen molar-refractivity contribution in [3.63, 3.8) is 0 Å². The van der Waals surface area contributed by atoms with Crippen molar-refractivity contribution in [2.24, 2.45) is 0 Å². The highest BCUT2D eigenvalue weighted by molar-refractivity contribution is 5.12. The van der Waals surface area contributed by atoms with Gasteiger partial charge in [0.15, 0.2) is 0 Å². The Bertz CT molecular complexity index is 257. The number of epoxide rings is 2. The fourth-order valence-electron chi connectivity index (χ4n) is 1.91. The standard InChI is InChI=1S/C6H8O.C5H6O/c1-2-4-6-5(3-1)7-6;1-2-4-5(3-1)6-4/h1,3,5-6H,2,4H2;1-2,4-5H,3H2. The van der Waals surface area contributed by atoms with Crippen molar-refractivity contribution in [2.75, 3.05) is 0 Å². The zero-order chi connectivity index (χ0) is 8.67. The Kier molecular flexibility index (Phi) is 1.77. The van der Waals surface area contributed by atoms with E-state index in [1.807, 2.05) is 0 Å². The molecule has 4 atom stereocenters. The van der Waals surface area contributed by atoms with E-state index in [9.17, 15) is 0 Å². The summed E-state index contributed by atoms with van der Waals surface area (Å²) in [7, 11) is 0. The maximum absolute atomic E-state index is 5.19. The van der Waals surface area contributed by atoms with Gasteiger partial charge in [-0.1, -0.05) is 24.3 Å². The second-order valence-corrected chi connectivity index (χ2v) is 3.95. The van der Waals surface area contributed by atoms with E-state index in [0.29, 0.717) is 24.4 Å². The molecule has 2 aliphatic carbocycles. The van der Waals surface area contributed by atoms with Crippen LogP contribution in [0.25, 0.3) is 0 Å². The summed E-state index contributed by atoms with van der Waals surface area (Å²) in [5.41, 5.74) is 0. The molecule has 2 aliphatic heterocycles. The van der Waals surface area contributed by atoms with Crippen molar-refractivity contribution < 1.29 is 9.47 Å². The Balaban J connectivity index is 0.0000000875. The average Bonchev–Trinajstić information content (AvgIpc) is 3.07. The quantitative estimate of drug-likeness (QED) is 0.417. The van der Waals surface area contributed by atoms with E-state index in [2.05, 4.69) is 24.3 Å². The third-order valence-electron chi connectivity index (χ3n) is 2.88. The van der Waals surface area contributed by atoms with Gasteiger partial charge in [-0.3, -0.25) is 0 Å². The van der Waals surface area contributed by atoms with Crippen LogP contribution in [0.2, 0.25) is 0 Å². The van der Waals surface area contributed by atoms with Gasteiger partial charge in [0.05, 0.1) is 12.2 Å². The van der Waals surface area contributed by atoms with E-state index >= 15 is 0 Å². The van der Waals surface area contributed by atoms with E-state index < -0.39 is 0 Å². The monoisotopic (exact) mass is 178 g/mol. The summed E-state index contributed by atoms with van der Waals surface area (Å²) in [5.74, 6) is 0. The highest BCUT2D eigenvalue weighted by atomic mass is 16.6. The van der Waals surface area contributed by atoms with E-state index in [1.54, 1.807) is 0 Å². The Morgan fingerprint density at radius 3 is 2.08 bits per heavy atom. The van der Waals surface area contributed by atoms with Gasteiger partial charge in [-0.15, -0.1) is 0 Å². The first-order chi connectivity index (χ1) is 6.43. The predicted octanol–water partition coefficient (Wildman–Crippen LogP) is 1.82. The van der Waals surface area contributed by atoms with Crippen LogP contribution >= 0.6 is 0 Å². The predicted molar refractivity (Wildman–Crippen MR) is 49.5 cm³/mol. The number of hydrogen-bond donors (Lipinski definition) is 0. The van der Waals surface area contributed by atoms with Crippen LogP contribution < -0.4 is 0 Å². The van der Waals surface area contributed by atoms with Crippen molar-refractivity contribution in [2.45, 2.75) is 43.7 Å². The first-order valence-corrected chi connectivity index (χ1v) is 5.08.